The number of phenols is 1. The van der Waals surface area contributed by atoms with Gasteiger partial charge in [-0.3, -0.25) is 4.99 Å². The Balaban J connectivity index is 1.18. The third-order valence-electron chi connectivity index (χ3n) is 9.17. The van der Waals surface area contributed by atoms with Crippen LogP contribution < -0.4 is 4.90 Å². The smallest absolute Gasteiger partial charge is 0.119 e. The first-order valence-corrected chi connectivity index (χ1v) is 14.5. The molecule has 0 bridgehead atoms. The van der Waals surface area contributed by atoms with Gasteiger partial charge in [0.05, 0.1) is 0 Å². The molecule has 2 heterocycles. The van der Waals surface area contributed by atoms with Gasteiger partial charge in [-0.25, -0.2) is 0 Å². The average molecular weight is 505 g/mol. The number of hydrogen-bond acceptors (Lipinski definition) is 3. The summed E-state index contributed by atoms with van der Waals surface area (Å²) in [7, 11) is 0. The van der Waals surface area contributed by atoms with E-state index in [2.05, 4.69) is 73.4 Å². The fourth-order valence-corrected chi connectivity index (χ4v) is 6.53. The van der Waals surface area contributed by atoms with Crippen LogP contribution >= 0.6 is 0 Å². The van der Waals surface area contributed by atoms with E-state index in [4.69, 9.17) is 4.99 Å². The standard InChI is InChI=1S/C35H40N2O/c1-24-4-3-20-37(21-19-24)29-12-9-27(10-13-29)30-14-15-32(30)34-17-16-31-28(23-36-34)11-18-35(38)33(31)22-26-7-5-25(2)6-8-26/h5-13,17-18,23-24,30,32,38H,3-4,14-16,19-22H2,1-2H3. The number of anilines is 1. The molecule has 0 amide bonds. The van der Waals surface area contributed by atoms with Gasteiger partial charge < -0.3 is 10.0 Å². The zero-order valence-electron chi connectivity index (χ0n) is 22.9. The minimum atomic E-state index is 0.384. The van der Waals surface area contributed by atoms with Gasteiger partial charge in [0.25, 0.3) is 0 Å². The first kappa shape index (κ1) is 25.0. The zero-order chi connectivity index (χ0) is 26.1. The summed E-state index contributed by atoms with van der Waals surface area (Å²) < 4.78 is 0. The van der Waals surface area contributed by atoms with E-state index in [1.165, 1.54) is 78.8 Å². The number of fused-ring (bicyclic) bond motifs is 1. The summed E-state index contributed by atoms with van der Waals surface area (Å²) in [6.45, 7) is 6.85. The minimum Gasteiger partial charge on any atom is -0.508 e. The molecular formula is C35H40N2O. The second-order valence-electron chi connectivity index (χ2n) is 11.8. The van der Waals surface area contributed by atoms with Crippen molar-refractivity contribution in [1.82, 2.24) is 0 Å². The molecule has 2 fully saturated rings. The molecule has 0 spiro atoms. The summed E-state index contributed by atoms with van der Waals surface area (Å²) in [6, 6.07) is 21.9. The van der Waals surface area contributed by atoms with Gasteiger partial charge in [0.2, 0.25) is 0 Å². The largest absolute Gasteiger partial charge is 0.508 e. The number of nitrogens with zero attached hydrogens (tertiary/aromatic N) is 2. The molecule has 1 aliphatic carbocycles. The third-order valence-corrected chi connectivity index (χ3v) is 9.17. The van der Waals surface area contributed by atoms with Crippen LogP contribution in [0.3, 0.4) is 0 Å². The van der Waals surface area contributed by atoms with Crippen molar-refractivity contribution in [2.75, 3.05) is 18.0 Å². The Hall–Kier alpha value is -3.33. The molecule has 1 N–H and O–H groups in total. The van der Waals surface area contributed by atoms with Crippen LogP contribution in [0.2, 0.25) is 0 Å². The molecule has 0 aromatic heterocycles. The first-order chi connectivity index (χ1) is 18.5. The highest BCUT2D eigenvalue weighted by molar-refractivity contribution is 5.84. The van der Waals surface area contributed by atoms with Crippen LogP contribution in [0.4, 0.5) is 5.69 Å². The molecule has 3 heteroatoms. The number of aryl methyl sites for hydroxylation is 1. The van der Waals surface area contributed by atoms with E-state index in [1.807, 2.05) is 18.3 Å². The molecule has 3 aliphatic rings. The lowest BCUT2D eigenvalue weighted by Gasteiger charge is -2.37. The summed E-state index contributed by atoms with van der Waals surface area (Å²) in [5.41, 5.74) is 9.88. The predicted octanol–water partition coefficient (Wildman–Crippen LogP) is 7.97. The summed E-state index contributed by atoms with van der Waals surface area (Å²) in [5, 5.41) is 10.8. The summed E-state index contributed by atoms with van der Waals surface area (Å²) >= 11 is 0. The highest BCUT2D eigenvalue weighted by Crippen LogP contribution is 2.47. The van der Waals surface area contributed by atoms with Gasteiger partial charge in [-0.05, 0) is 104 Å². The van der Waals surface area contributed by atoms with E-state index in [1.54, 1.807) is 0 Å². The normalized spacial score (nSPS) is 23.2. The van der Waals surface area contributed by atoms with Crippen LogP contribution in [0, 0.1) is 18.8 Å². The maximum absolute atomic E-state index is 10.8. The summed E-state index contributed by atoms with van der Waals surface area (Å²) in [5.74, 6) is 2.24. The second kappa shape index (κ2) is 10.8. The topological polar surface area (TPSA) is 35.8 Å². The molecule has 3 aromatic carbocycles. The van der Waals surface area contributed by atoms with Gasteiger partial charge in [-0.15, -0.1) is 0 Å². The van der Waals surface area contributed by atoms with E-state index < -0.39 is 0 Å². The van der Waals surface area contributed by atoms with Crippen molar-refractivity contribution in [3.05, 3.63) is 106 Å². The molecule has 3 nitrogen and oxygen atoms in total. The van der Waals surface area contributed by atoms with Crippen LogP contribution in [0.15, 0.2) is 77.4 Å². The fraction of sp³-hybridized carbons (Fsp3) is 0.400. The first-order valence-electron chi connectivity index (χ1n) is 14.5. The number of rotatable bonds is 5. The van der Waals surface area contributed by atoms with Crippen LogP contribution in [0.5, 0.6) is 5.75 Å². The lowest BCUT2D eigenvalue weighted by atomic mass is 9.68. The van der Waals surface area contributed by atoms with E-state index >= 15 is 0 Å². The van der Waals surface area contributed by atoms with Crippen molar-refractivity contribution in [2.45, 2.75) is 64.7 Å². The van der Waals surface area contributed by atoms with Crippen LogP contribution in [-0.2, 0) is 12.8 Å². The molecule has 3 unspecified atom stereocenters. The molecule has 1 saturated heterocycles. The maximum atomic E-state index is 10.8. The number of phenolic OH excluding ortho intramolecular Hbond substituents is 1. The van der Waals surface area contributed by atoms with E-state index in [9.17, 15) is 5.11 Å². The van der Waals surface area contributed by atoms with Gasteiger partial charge in [-0.2, -0.15) is 0 Å². The average Bonchev–Trinajstić information content (AvgIpc) is 3.25. The van der Waals surface area contributed by atoms with Crippen LogP contribution in [0.1, 0.15) is 78.3 Å². The molecule has 3 aromatic rings. The monoisotopic (exact) mass is 504 g/mol. The fourth-order valence-electron chi connectivity index (χ4n) is 6.53. The number of benzene rings is 3. The van der Waals surface area contributed by atoms with Gasteiger partial charge in [0.15, 0.2) is 0 Å². The lowest BCUT2D eigenvalue weighted by molar-refractivity contribution is 0.297. The number of aliphatic imine (C=N–C) groups is 1. The predicted molar refractivity (Wildman–Crippen MR) is 159 cm³/mol. The Labute approximate surface area is 227 Å². The van der Waals surface area contributed by atoms with Crippen LogP contribution in [0.25, 0.3) is 0 Å². The van der Waals surface area contributed by atoms with E-state index in [-0.39, 0.29) is 0 Å². The molecule has 2 aliphatic heterocycles. The van der Waals surface area contributed by atoms with Gasteiger partial charge in [-0.1, -0.05) is 55.0 Å². The molecule has 1 saturated carbocycles. The Morgan fingerprint density at radius 3 is 2.42 bits per heavy atom. The Kier molecular flexibility index (Phi) is 7.10. The molecule has 196 valence electrons. The highest BCUT2D eigenvalue weighted by Gasteiger charge is 2.35. The number of aromatic hydroxyl groups is 1. The van der Waals surface area contributed by atoms with E-state index in [0.717, 1.165) is 29.9 Å². The second-order valence-corrected chi connectivity index (χ2v) is 11.8. The van der Waals surface area contributed by atoms with Gasteiger partial charge in [0, 0.05) is 48.6 Å². The lowest BCUT2D eigenvalue weighted by Crippen LogP contribution is -2.26. The summed E-state index contributed by atoms with van der Waals surface area (Å²) in [6.07, 6.45) is 12.3. The number of allylic oxidation sites excluding steroid dienone is 2. The van der Waals surface area contributed by atoms with Crippen LogP contribution in [-0.4, -0.2) is 24.4 Å². The SMILES string of the molecule is Cc1ccc(Cc2c(O)ccc3c2CC=C(C2CCC2c2ccc(N4CCCC(C)CC4)cc2)N=C3)cc1. The van der Waals surface area contributed by atoms with Gasteiger partial charge >= 0.3 is 0 Å². The quantitative estimate of drug-likeness (QED) is 0.382. The third kappa shape index (κ3) is 5.16. The molecule has 6 rings (SSSR count). The Bertz CT molecular complexity index is 1340. The van der Waals surface area contributed by atoms with Crippen molar-refractivity contribution >= 4 is 11.9 Å². The van der Waals surface area contributed by atoms with Gasteiger partial charge in [0.1, 0.15) is 5.75 Å². The highest BCUT2D eigenvalue weighted by atomic mass is 16.3. The van der Waals surface area contributed by atoms with Crippen molar-refractivity contribution in [3.8, 4) is 5.75 Å². The molecule has 3 atom stereocenters. The van der Waals surface area contributed by atoms with Crippen molar-refractivity contribution < 1.29 is 5.11 Å². The Morgan fingerprint density at radius 2 is 1.66 bits per heavy atom. The minimum absolute atomic E-state index is 0.384. The maximum Gasteiger partial charge on any atom is 0.119 e. The zero-order valence-corrected chi connectivity index (χ0v) is 22.9. The number of hydrogen-bond donors (Lipinski definition) is 1. The Morgan fingerprint density at radius 1 is 0.868 bits per heavy atom. The van der Waals surface area contributed by atoms with Crippen molar-refractivity contribution in [2.24, 2.45) is 16.8 Å². The summed E-state index contributed by atoms with van der Waals surface area (Å²) in [4.78, 5) is 7.58. The van der Waals surface area contributed by atoms with E-state index in [0.29, 0.717) is 17.6 Å². The molecule has 0 radical (unpaired) electrons. The van der Waals surface area contributed by atoms with Crippen molar-refractivity contribution in [3.63, 3.8) is 0 Å². The molecular weight excluding hydrogens is 464 g/mol. The van der Waals surface area contributed by atoms with Crippen molar-refractivity contribution in [1.29, 1.82) is 0 Å². The molecule has 38 heavy (non-hydrogen) atoms.